The first kappa shape index (κ1) is 31.3. The van der Waals surface area contributed by atoms with E-state index in [1.54, 1.807) is 4.90 Å². The molecule has 1 aromatic rings. The van der Waals surface area contributed by atoms with Crippen LogP contribution in [0.5, 0.6) is 0 Å². The lowest BCUT2D eigenvalue weighted by molar-refractivity contribution is -0.156. The first-order valence-electron chi connectivity index (χ1n) is 15.7. The van der Waals surface area contributed by atoms with Crippen LogP contribution in [-0.2, 0) is 19.1 Å². The Morgan fingerprint density at radius 2 is 1.77 bits per heavy atom. The Kier molecular flexibility index (Phi) is 10.6. The zero-order chi connectivity index (χ0) is 30.3. The van der Waals surface area contributed by atoms with E-state index in [0.717, 1.165) is 51.9 Å². The van der Waals surface area contributed by atoms with Crippen molar-refractivity contribution in [2.24, 2.45) is 11.8 Å². The van der Waals surface area contributed by atoms with Gasteiger partial charge in [0.15, 0.2) is 6.10 Å². The van der Waals surface area contributed by atoms with Gasteiger partial charge in [-0.1, -0.05) is 0 Å². The number of nitrogens with one attached hydrogen (secondary N) is 2. The van der Waals surface area contributed by atoms with Crippen molar-refractivity contribution in [1.29, 1.82) is 0 Å². The Bertz CT molecular complexity index is 1140. The van der Waals surface area contributed by atoms with E-state index in [-0.39, 0.29) is 56.4 Å². The number of benzene rings is 1. The molecule has 0 saturated carbocycles. The summed E-state index contributed by atoms with van der Waals surface area (Å²) in [5.74, 6) is -0.884. The van der Waals surface area contributed by atoms with E-state index in [1.165, 1.54) is 29.2 Å². The summed E-state index contributed by atoms with van der Waals surface area (Å²) in [6, 6.07) is 5.75. The first-order valence-corrected chi connectivity index (χ1v) is 15.7. The lowest BCUT2D eigenvalue weighted by atomic mass is 9.79. The SMILES string of the molecule is CN1CCC(N2CC[C@H]3CC(=O)N4CCO[C@@H](C4)C(=O)N(CCNC(=O)c4ccc(F)cc4)CC(=O)NCC[C@H]3C2)CC1. The molecular weight excluding hydrogens is 555 g/mol. The molecule has 0 aromatic heterocycles. The molecule has 4 heterocycles. The highest BCUT2D eigenvalue weighted by Gasteiger charge is 2.38. The molecule has 4 saturated heterocycles. The lowest BCUT2D eigenvalue weighted by Crippen LogP contribution is -2.56. The van der Waals surface area contributed by atoms with Crippen LogP contribution in [-0.4, -0.2) is 134 Å². The number of nitrogens with zero attached hydrogens (tertiary/aromatic N) is 4. The molecule has 11 nitrogen and oxygen atoms in total. The number of hydrogen-bond acceptors (Lipinski definition) is 7. The number of carbonyl (C=O) groups excluding carboxylic acids is 4. The Hall–Kier alpha value is -3.09. The monoisotopic (exact) mass is 600 g/mol. The second-order valence-corrected chi connectivity index (χ2v) is 12.4. The number of halogens is 1. The van der Waals surface area contributed by atoms with Gasteiger partial charge in [-0.3, -0.25) is 24.1 Å². The topological polar surface area (TPSA) is 115 Å². The van der Waals surface area contributed by atoms with E-state index < -0.39 is 17.8 Å². The van der Waals surface area contributed by atoms with Crippen LogP contribution in [0, 0.1) is 17.7 Å². The highest BCUT2D eigenvalue weighted by Crippen LogP contribution is 2.32. The Morgan fingerprint density at radius 3 is 2.53 bits per heavy atom. The zero-order valence-corrected chi connectivity index (χ0v) is 25.1. The number of carbonyl (C=O) groups is 4. The van der Waals surface area contributed by atoms with Gasteiger partial charge in [-0.25, -0.2) is 4.39 Å². The van der Waals surface area contributed by atoms with Crippen molar-refractivity contribution in [2.75, 3.05) is 79.1 Å². The van der Waals surface area contributed by atoms with Gasteiger partial charge in [0.1, 0.15) is 5.82 Å². The van der Waals surface area contributed by atoms with Crippen LogP contribution in [0.15, 0.2) is 24.3 Å². The van der Waals surface area contributed by atoms with E-state index in [2.05, 4.69) is 27.5 Å². The third kappa shape index (κ3) is 8.30. The van der Waals surface area contributed by atoms with Gasteiger partial charge in [-0.2, -0.15) is 0 Å². The van der Waals surface area contributed by atoms with Crippen molar-refractivity contribution >= 4 is 23.6 Å². The van der Waals surface area contributed by atoms with Crippen LogP contribution >= 0.6 is 0 Å². The van der Waals surface area contributed by atoms with Gasteiger partial charge in [0.2, 0.25) is 11.8 Å². The van der Waals surface area contributed by atoms with Crippen LogP contribution in [0.25, 0.3) is 0 Å². The van der Waals surface area contributed by atoms with E-state index in [9.17, 15) is 23.6 Å². The smallest absolute Gasteiger partial charge is 0.254 e. The number of piperidine rings is 2. The predicted octanol–water partition coefficient (Wildman–Crippen LogP) is 0.554. The van der Waals surface area contributed by atoms with Gasteiger partial charge in [0.05, 0.1) is 19.7 Å². The molecule has 12 heteroatoms. The number of hydrogen-bond donors (Lipinski definition) is 2. The summed E-state index contributed by atoms with van der Waals surface area (Å²) >= 11 is 0. The predicted molar refractivity (Wildman–Crippen MR) is 158 cm³/mol. The zero-order valence-electron chi connectivity index (χ0n) is 25.1. The number of likely N-dealkylation sites (tertiary alicyclic amines) is 2. The quantitative estimate of drug-likeness (QED) is 0.508. The standard InChI is InChI=1S/C31H45FN6O5/c1-35-12-8-26(9-13-35)36-14-7-23-18-29(40)37-16-17-43-27(20-37)31(42)38(21-28(39)33-10-6-24(23)19-36)15-11-34-30(41)22-2-4-25(32)5-3-22/h2-5,23-24,26-27H,6-21H2,1H3,(H,33,39)(H,34,41)/t23-,24-,27-/m0/s1. The fourth-order valence-corrected chi connectivity index (χ4v) is 6.88. The summed E-state index contributed by atoms with van der Waals surface area (Å²) in [6.45, 7) is 5.47. The third-order valence-electron chi connectivity index (χ3n) is 9.52. The van der Waals surface area contributed by atoms with Crippen LogP contribution < -0.4 is 10.6 Å². The second-order valence-electron chi connectivity index (χ2n) is 12.4. The minimum Gasteiger partial charge on any atom is -0.365 e. The normalized spacial score (nSPS) is 27.3. The number of ether oxygens (including phenoxy) is 1. The van der Waals surface area contributed by atoms with Gasteiger partial charge in [-0.15, -0.1) is 0 Å². The summed E-state index contributed by atoms with van der Waals surface area (Å²) < 4.78 is 19.0. The Labute approximate surface area is 253 Å². The molecule has 2 N–H and O–H groups in total. The molecule has 0 radical (unpaired) electrons. The molecule has 0 spiro atoms. The molecule has 236 valence electrons. The van der Waals surface area contributed by atoms with Gasteiger partial charge in [-0.05, 0) is 88.5 Å². The van der Waals surface area contributed by atoms with Crippen LogP contribution in [0.2, 0.25) is 0 Å². The third-order valence-corrected chi connectivity index (χ3v) is 9.52. The first-order chi connectivity index (χ1) is 20.8. The maximum Gasteiger partial charge on any atom is 0.254 e. The molecule has 2 bridgehead atoms. The second kappa shape index (κ2) is 14.6. The summed E-state index contributed by atoms with van der Waals surface area (Å²) in [5.41, 5.74) is 0.298. The van der Waals surface area contributed by atoms with Crippen molar-refractivity contribution in [3.63, 3.8) is 0 Å². The maximum absolute atomic E-state index is 13.5. The van der Waals surface area contributed by atoms with Crippen molar-refractivity contribution in [3.8, 4) is 0 Å². The minimum atomic E-state index is -0.872. The van der Waals surface area contributed by atoms with E-state index in [1.807, 2.05) is 0 Å². The molecule has 0 unspecified atom stereocenters. The summed E-state index contributed by atoms with van der Waals surface area (Å²) in [7, 11) is 2.17. The molecule has 4 aliphatic rings. The van der Waals surface area contributed by atoms with E-state index >= 15 is 0 Å². The van der Waals surface area contributed by atoms with Crippen molar-refractivity contribution in [1.82, 2.24) is 30.2 Å². The molecule has 4 aliphatic heterocycles. The van der Waals surface area contributed by atoms with E-state index in [0.29, 0.717) is 37.0 Å². The van der Waals surface area contributed by atoms with Crippen LogP contribution in [0.4, 0.5) is 4.39 Å². The van der Waals surface area contributed by atoms with Crippen LogP contribution in [0.1, 0.15) is 42.5 Å². The fraction of sp³-hybridized carbons (Fsp3) is 0.677. The molecule has 1 aromatic carbocycles. The van der Waals surface area contributed by atoms with Gasteiger partial charge in [0, 0.05) is 50.7 Å². The molecular formula is C31H45FN6O5. The molecule has 3 atom stereocenters. The number of amides is 4. The Morgan fingerprint density at radius 1 is 1.00 bits per heavy atom. The highest BCUT2D eigenvalue weighted by atomic mass is 19.1. The molecule has 4 amide bonds. The largest absolute Gasteiger partial charge is 0.365 e. The van der Waals surface area contributed by atoms with E-state index in [4.69, 9.17) is 4.74 Å². The van der Waals surface area contributed by atoms with Gasteiger partial charge < -0.3 is 30.1 Å². The Balaban J connectivity index is 1.23. The average Bonchev–Trinajstić information content (AvgIpc) is 3.01. The fourth-order valence-electron chi connectivity index (χ4n) is 6.88. The molecule has 0 aliphatic carbocycles. The highest BCUT2D eigenvalue weighted by molar-refractivity contribution is 5.94. The summed E-state index contributed by atoms with van der Waals surface area (Å²) in [5, 5.41) is 5.73. The molecule has 5 rings (SSSR count). The summed E-state index contributed by atoms with van der Waals surface area (Å²) in [6.07, 6.45) is 3.63. The minimum absolute atomic E-state index is 0.0584. The van der Waals surface area contributed by atoms with Crippen LogP contribution in [0.3, 0.4) is 0 Å². The number of fused-ring (bicyclic) bond motifs is 3. The van der Waals surface area contributed by atoms with Gasteiger partial charge >= 0.3 is 0 Å². The van der Waals surface area contributed by atoms with Gasteiger partial charge in [0.25, 0.3) is 11.8 Å². The lowest BCUT2D eigenvalue weighted by Gasteiger charge is -2.45. The van der Waals surface area contributed by atoms with Crippen molar-refractivity contribution in [3.05, 3.63) is 35.6 Å². The number of morpholine rings is 1. The van der Waals surface area contributed by atoms with Crippen molar-refractivity contribution in [2.45, 2.75) is 44.2 Å². The van der Waals surface area contributed by atoms with Crippen molar-refractivity contribution < 1.29 is 28.3 Å². The average molecular weight is 601 g/mol. The number of rotatable bonds is 5. The molecule has 43 heavy (non-hydrogen) atoms. The summed E-state index contributed by atoms with van der Waals surface area (Å²) in [4.78, 5) is 60.7. The molecule has 4 fully saturated rings. The maximum atomic E-state index is 13.5.